The number of ether oxygens (including phenoxy) is 1. The van der Waals surface area contributed by atoms with Gasteiger partial charge in [-0.05, 0) is 39.0 Å². The number of rotatable bonds is 2. The van der Waals surface area contributed by atoms with Gasteiger partial charge in [0.25, 0.3) is 0 Å². The normalized spacial score (nSPS) is 14.2. The summed E-state index contributed by atoms with van der Waals surface area (Å²) in [6, 6.07) is 7.62. The number of hydrogen-bond acceptors (Lipinski definition) is 5. The maximum absolute atomic E-state index is 12.4. The van der Waals surface area contributed by atoms with Gasteiger partial charge in [0, 0.05) is 18.0 Å². The first-order valence-electron chi connectivity index (χ1n) is 7.79. The first-order valence-corrected chi connectivity index (χ1v) is 7.79. The molecule has 2 aromatic rings. The van der Waals surface area contributed by atoms with Crippen LogP contribution in [0, 0.1) is 0 Å². The molecule has 0 radical (unpaired) electrons. The van der Waals surface area contributed by atoms with Crippen LogP contribution in [0.15, 0.2) is 53.8 Å². The van der Waals surface area contributed by atoms with Gasteiger partial charge in [-0.25, -0.2) is 4.79 Å². The second-order valence-corrected chi connectivity index (χ2v) is 6.48. The van der Waals surface area contributed by atoms with Crippen molar-refractivity contribution >= 4 is 22.7 Å². The summed E-state index contributed by atoms with van der Waals surface area (Å²) in [5.41, 5.74) is 4.61. The van der Waals surface area contributed by atoms with Crippen LogP contribution in [0.3, 0.4) is 0 Å². The lowest BCUT2D eigenvalue weighted by atomic mass is 10.1. The van der Waals surface area contributed by atoms with Gasteiger partial charge >= 0.3 is 6.09 Å². The molecular formula is C18H20N4O2. The molecule has 0 spiro atoms. The minimum atomic E-state index is -0.575. The van der Waals surface area contributed by atoms with Crippen molar-refractivity contribution in [2.45, 2.75) is 32.8 Å². The fraction of sp³-hybridized carbons (Fsp3) is 0.278. The second kappa shape index (κ2) is 6.31. The topological polar surface area (TPSA) is 68.5 Å². The number of para-hydroxylation sites is 1. The van der Waals surface area contributed by atoms with Crippen LogP contribution < -0.4 is 5.43 Å². The molecule has 0 fully saturated rings. The molecule has 1 aromatic carbocycles. The van der Waals surface area contributed by atoms with Crippen LogP contribution in [0.1, 0.15) is 26.5 Å². The summed E-state index contributed by atoms with van der Waals surface area (Å²) in [4.78, 5) is 12.4. The quantitative estimate of drug-likeness (QED) is 0.919. The van der Waals surface area contributed by atoms with E-state index in [0.717, 1.165) is 22.3 Å². The van der Waals surface area contributed by atoms with E-state index in [0.29, 0.717) is 6.42 Å². The van der Waals surface area contributed by atoms with Gasteiger partial charge < -0.3 is 4.74 Å². The number of hydrogen-bond donors (Lipinski definition) is 1. The van der Waals surface area contributed by atoms with Gasteiger partial charge in [-0.2, -0.15) is 14.9 Å². The number of carbonyl (C=O) groups excluding carboxylic acids is 1. The molecule has 0 saturated carbocycles. The van der Waals surface area contributed by atoms with E-state index < -0.39 is 11.7 Å². The van der Waals surface area contributed by atoms with Crippen LogP contribution in [0.4, 0.5) is 4.79 Å². The molecule has 0 aliphatic carbocycles. The fourth-order valence-corrected chi connectivity index (χ4v) is 2.40. The zero-order valence-electron chi connectivity index (χ0n) is 14.0. The van der Waals surface area contributed by atoms with Crippen molar-refractivity contribution in [2.24, 2.45) is 5.10 Å². The van der Waals surface area contributed by atoms with E-state index in [4.69, 9.17) is 4.74 Å². The van der Waals surface area contributed by atoms with E-state index in [1.54, 1.807) is 6.20 Å². The van der Waals surface area contributed by atoms with Crippen LogP contribution in [0.25, 0.3) is 10.9 Å². The molecule has 6 nitrogen and oxygen atoms in total. The van der Waals surface area contributed by atoms with Gasteiger partial charge in [-0.1, -0.05) is 24.3 Å². The molecule has 1 aromatic heterocycles. The van der Waals surface area contributed by atoms with Crippen molar-refractivity contribution in [2.75, 3.05) is 0 Å². The number of aromatic nitrogens is 2. The Hall–Kier alpha value is -2.89. The number of nitrogens with one attached hydrogen (secondary N) is 1. The van der Waals surface area contributed by atoms with Crippen molar-refractivity contribution in [3.8, 4) is 0 Å². The number of nitrogens with zero attached hydrogens (tertiary/aromatic N) is 3. The summed E-state index contributed by atoms with van der Waals surface area (Å²) in [6.07, 6.45) is 7.48. The van der Waals surface area contributed by atoms with E-state index in [2.05, 4.69) is 15.6 Å². The number of carbonyl (C=O) groups is 1. The first-order chi connectivity index (χ1) is 11.4. The summed E-state index contributed by atoms with van der Waals surface area (Å²) in [7, 11) is 0. The van der Waals surface area contributed by atoms with E-state index in [-0.39, 0.29) is 0 Å². The maximum Gasteiger partial charge on any atom is 0.435 e. The lowest BCUT2D eigenvalue weighted by Gasteiger charge is -2.19. The van der Waals surface area contributed by atoms with E-state index >= 15 is 0 Å². The average molecular weight is 324 g/mol. The minimum Gasteiger partial charge on any atom is -0.442 e. The van der Waals surface area contributed by atoms with Gasteiger partial charge in [0.1, 0.15) is 5.60 Å². The molecule has 3 rings (SSSR count). The Bertz CT molecular complexity index is 854. The highest BCUT2D eigenvalue weighted by molar-refractivity contribution is 5.99. The molecular weight excluding hydrogens is 304 g/mol. The standard InChI is InChI=1S/C18H20N4O2/c1-18(2,3)24-17(23)22-16-10-5-4-9-14(16)15(21-22)12-13-8-6-7-11-19-20-13/h4-11,19H,12H2,1-3H3. The highest BCUT2D eigenvalue weighted by atomic mass is 16.6. The Morgan fingerprint density at radius 2 is 2.04 bits per heavy atom. The third-order valence-electron chi connectivity index (χ3n) is 3.36. The average Bonchev–Trinajstić information content (AvgIpc) is 2.68. The van der Waals surface area contributed by atoms with Crippen molar-refractivity contribution in [1.82, 2.24) is 15.2 Å². The first kappa shape index (κ1) is 16.0. The zero-order valence-corrected chi connectivity index (χ0v) is 14.0. The van der Waals surface area contributed by atoms with Crippen LogP contribution in [-0.4, -0.2) is 27.2 Å². The molecule has 0 atom stereocenters. The molecule has 124 valence electrons. The van der Waals surface area contributed by atoms with Crippen molar-refractivity contribution in [3.63, 3.8) is 0 Å². The number of hydrazone groups is 1. The maximum atomic E-state index is 12.4. The van der Waals surface area contributed by atoms with Crippen LogP contribution in [0.5, 0.6) is 0 Å². The van der Waals surface area contributed by atoms with E-state index in [9.17, 15) is 4.79 Å². The van der Waals surface area contributed by atoms with E-state index in [1.165, 1.54) is 4.68 Å². The summed E-state index contributed by atoms with van der Waals surface area (Å²) in [5, 5.41) is 9.66. The third kappa shape index (κ3) is 3.53. The Balaban J connectivity index is 1.97. The second-order valence-electron chi connectivity index (χ2n) is 6.48. The van der Waals surface area contributed by atoms with Crippen molar-refractivity contribution in [3.05, 3.63) is 54.4 Å². The van der Waals surface area contributed by atoms with Crippen LogP contribution >= 0.6 is 0 Å². The number of allylic oxidation sites excluding steroid dienone is 3. The molecule has 0 amide bonds. The third-order valence-corrected chi connectivity index (χ3v) is 3.36. The Morgan fingerprint density at radius 1 is 1.25 bits per heavy atom. The molecule has 6 heteroatoms. The number of benzene rings is 1. The Morgan fingerprint density at radius 3 is 2.83 bits per heavy atom. The summed E-state index contributed by atoms with van der Waals surface area (Å²) in [5.74, 6) is 0. The largest absolute Gasteiger partial charge is 0.442 e. The zero-order chi connectivity index (χ0) is 17.2. The Kier molecular flexibility index (Phi) is 4.20. The predicted octanol–water partition coefficient (Wildman–Crippen LogP) is 3.39. The predicted molar refractivity (Wildman–Crippen MR) is 93.9 cm³/mol. The summed E-state index contributed by atoms with van der Waals surface area (Å²) >= 11 is 0. The molecule has 2 heterocycles. The van der Waals surface area contributed by atoms with Gasteiger partial charge in [-0.3, -0.25) is 5.43 Å². The van der Waals surface area contributed by atoms with Gasteiger partial charge in [0.05, 0.1) is 16.9 Å². The van der Waals surface area contributed by atoms with Crippen LogP contribution in [-0.2, 0) is 11.2 Å². The molecule has 1 aliphatic heterocycles. The van der Waals surface area contributed by atoms with Crippen molar-refractivity contribution in [1.29, 1.82) is 0 Å². The highest BCUT2D eigenvalue weighted by Gasteiger charge is 2.22. The molecule has 24 heavy (non-hydrogen) atoms. The minimum absolute atomic E-state index is 0.483. The molecule has 0 saturated heterocycles. The van der Waals surface area contributed by atoms with Crippen LogP contribution in [0.2, 0.25) is 0 Å². The highest BCUT2D eigenvalue weighted by Crippen LogP contribution is 2.21. The lowest BCUT2D eigenvalue weighted by Crippen LogP contribution is -2.27. The summed E-state index contributed by atoms with van der Waals surface area (Å²) < 4.78 is 6.77. The molecule has 0 unspecified atom stereocenters. The lowest BCUT2D eigenvalue weighted by molar-refractivity contribution is 0.0522. The fourth-order valence-electron chi connectivity index (χ4n) is 2.40. The Labute approximate surface area is 140 Å². The van der Waals surface area contributed by atoms with Crippen molar-refractivity contribution < 1.29 is 9.53 Å². The number of fused-ring (bicyclic) bond motifs is 1. The summed E-state index contributed by atoms with van der Waals surface area (Å²) in [6.45, 7) is 5.50. The monoisotopic (exact) mass is 324 g/mol. The van der Waals surface area contributed by atoms with Gasteiger partial charge in [0.15, 0.2) is 0 Å². The molecule has 1 aliphatic rings. The van der Waals surface area contributed by atoms with Gasteiger partial charge in [-0.15, -0.1) is 0 Å². The molecule has 0 bridgehead atoms. The smallest absolute Gasteiger partial charge is 0.435 e. The van der Waals surface area contributed by atoms with E-state index in [1.807, 2.05) is 63.3 Å². The SMILES string of the molecule is CC(C)(C)OC(=O)n1nc(CC2=NNC=CC=C2)c2ccccc21. The molecule has 1 N–H and O–H groups in total. The van der Waals surface area contributed by atoms with Gasteiger partial charge in [0.2, 0.25) is 0 Å².